The van der Waals surface area contributed by atoms with Gasteiger partial charge in [-0.1, -0.05) is 60.5 Å². The molecule has 2 amide bonds. The van der Waals surface area contributed by atoms with Crippen LogP contribution in [0.2, 0.25) is 0 Å². The molecule has 0 aliphatic carbocycles. The van der Waals surface area contributed by atoms with Gasteiger partial charge in [0.05, 0.1) is 19.9 Å². The molecule has 1 saturated heterocycles. The van der Waals surface area contributed by atoms with Gasteiger partial charge in [0.1, 0.15) is 42.4 Å². The van der Waals surface area contributed by atoms with Gasteiger partial charge < -0.3 is 39.8 Å². The number of carbonyl (C=O) groups excluding carboxylic acids is 2. The van der Waals surface area contributed by atoms with E-state index in [9.17, 15) is 19.8 Å². The first kappa shape index (κ1) is 32.9. The average molecular weight is 612 g/mol. The number of hydrogen-bond acceptors (Lipinski definition) is 10. The van der Waals surface area contributed by atoms with Gasteiger partial charge in [0.15, 0.2) is 6.29 Å². The van der Waals surface area contributed by atoms with Crippen LogP contribution in [0.1, 0.15) is 38.2 Å². The molecule has 13 nitrogen and oxygen atoms in total. The number of aliphatic hydroxyl groups excluding tert-OH is 2. The molecule has 4 rings (SSSR count). The molecule has 1 aromatic heterocycles. The van der Waals surface area contributed by atoms with E-state index in [2.05, 4.69) is 20.9 Å². The second-order valence-corrected chi connectivity index (χ2v) is 10.6. The number of aromatic nitrogens is 3. The van der Waals surface area contributed by atoms with Gasteiger partial charge in [0.25, 0.3) is 0 Å². The molecule has 4 N–H and O–H groups in total. The fourth-order valence-corrected chi connectivity index (χ4v) is 4.84. The Labute approximate surface area is 256 Å². The highest BCUT2D eigenvalue weighted by Crippen LogP contribution is 2.25. The van der Waals surface area contributed by atoms with Crippen LogP contribution in [-0.2, 0) is 32.2 Å². The number of benzene rings is 2. The maximum Gasteiger partial charge on any atom is 0.407 e. The van der Waals surface area contributed by atoms with Crippen LogP contribution in [0.5, 0.6) is 5.75 Å². The molecule has 44 heavy (non-hydrogen) atoms. The SMILES string of the molecule is COc1cccc(-c2cn(CC3OC(OCCCCCCNC(=O)OCc4ccccc4)C(NC(C)=O)C(O)C3O)nn2)c1. The molecule has 0 bridgehead atoms. The molecule has 1 aliphatic rings. The number of unbranched alkanes of at least 4 members (excludes halogenated alkanes) is 3. The van der Waals surface area contributed by atoms with Crippen LogP contribution in [0.15, 0.2) is 60.8 Å². The molecule has 238 valence electrons. The lowest BCUT2D eigenvalue weighted by Crippen LogP contribution is -2.64. The first-order chi connectivity index (χ1) is 21.3. The Morgan fingerprint density at radius 1 is 1.02 bits per heavy atom. The topological polar surface area (TPSA) is 166 Å². The predicted octanol–water partition coefficient (Wildman–Crippen LogP) is 2.41. The Bertz CT molecular complexity index is 1320. The van der Waals surface area contributed by atoms with Gasteiger partial charge in [0.2, 0.25) is 5.91 Å². The van der Waals surface area contributed by atoms with Crippen LogP contribution in [-0.4, -0.2) is 88.1 Å². The van der Waals surface area contributed by atoms with E-state index in [1.54, 1.807) is 13.3 Å². The molecule has 13 heteroatoms. The summed E-state index contributed by atoms with van der Waals surface area (Å²) in [6, 6.07) is 15.9. The maximum absolute atomic E-state index is 11.9. The zero-order valence-electron chi connectivity index (χ0n) is 25.0. The number of rotatable bonds is 15. The van der Waals surface area contributed by atoms with Crippen molar-refractivity contribution in [2.24, 2.45) is 0 Å². The molecule has 2 aromatic carbocycles. The highest BCUT2D eigenvalue weighted by Gasteiger charge is 2.45. The van der Waals surface area contributed by atoms with Gasteiger partial charge in [-0.2, -0.15) is 0 Å². The normalized spacial score (nSPS) is 21.4. The second-order valence-electron chi connectivity index (χ2n) is 10.6. The number of nitrogens with one attached hydrogen (secondary N) is 2. The summed E-state index contributed by atoms with van der Waals surface area (Å²) < 4.78 is 24.0. The van der Waals surface area contributed by atoms with E-state index >= 15 is 0 Å². The number of hydrogen-bond donors (Lipinski definition) is 4. The average Bonchev–Trinajstić information content (AvgIpc) is 3.50. The number of alkyl carbamates (subject to hydrolysis) is 1. The molecular formula is C31H41N5O8. The Hall–Kier alpha value is -4.04. The van der Waals surface area contributed by atoms with Crippen molar-refractivity contribution in [3.05, 3.63) is 66.4 Å². The number of aliphatic hydroxyl groups is 2. The van der Waals surface area contributed by atoms with Crippen molar-refractivity contribution in [1.29, 1.82) is 0 Å². The van der Waals surface area contributed by atoms with Gasteiger partial charge in [-0.3, -0.25) is 4.79 Å². The second kappa shape index (κ2) is 16.7. The van der Waals surface area contributed by atoms with Gasteiger partial charge >= 0.3 is 6.09 Å². The first-order valence-electron chi connectivity index (χ1n) is 14.7. The van der Waals surface area contributed by atoms with E-state index in [0.29, 0.717) is 31.0 Å². The lowest BCUT2D eigenvalue weighted by atomic mass is 9.96. The molecule has 0 saturated carbocycles. The minimum absolute atomic E-state index is 0.0998. The van der Waals surface area contributed by atoms with Crippen molar-refractivity contribution in [3.8, 4) is 17.0 Å². The van der Waals surface area contributed by atoms with Crippen molar-refractivity contribution in [3.63, 3.8) is 0 Å². The van der Waals surface area contributed by atoms with Crippen molar-refractivity contribution in [2.45, 2.75) is 76.4 Å². The summed E-state index contributed by atoms with van der Waals surface area (Å²) in [4.78, 5) is 23.7. The minimum atomic E-state index is -1.32. The molecule has 0 radical (unpaired) electrons. The quantitative estimate of drug-likeness (QED) is 0.188. The predicted molar refractivity (Wildman–Crippen MR) is 159 cm³/mol. The Kier molecular flexibility index (Phi) is 12.5. The van der Waals surface area contributed by atoms with Crippen LogP contribution in [0.4, 0.5) is 4.79 Å². The number of carbonyl (C=O) groups is 2. The molecule has 5 unspecified atom stereocenters. The molecule has 0 spiro atoms. The zero-order chi connectivity index (χ0) is 31.3. The Balaban J connectivity index is 1.21. The van der Waals surface area contributed by atoms with Crippen LogP contribution < -0.4 is 15.4 Å². The largest absolute Gasteiger partial charge is 0.497 e. The third-order valence-corrected chi connectivity index (χ3v) is 7.18. The maximum atomic E-state index is 11.9. The first-order valence-corrected chi connectivity index (χ1v) is 14.7. The van der Waals surface area contributed by atoms with Crippen LogP contribution >= 0.6 is 0 Å². The Morgan fingerprint density at radius 2 is 1.82 bits per heavy atom. The lowest BCUT2D eigenvalue weighted by molar-refractivity contribution is -0.267. The van der Waals surface area contributed by atoms with Crippen LogP contribution in [0, 0.1) is 0 Å². The fraction of sp³-hybridized carbons (Fsp3) is 0.484. The van der Waals surface area contributed by atoms with Crippen LogP contribution in [0.3, 0.4) is 0 Å². The smallest absolute Gasteiger partial charge is 0.407 e. The van der Waals surface area contributed by atoms with Crippen molar-refractivity contribution in [2.75, 3.05) is 20.3 Å². The number of ether oxygens (including phenoxy) is 4. The van der Waals surface area contributed by atoms with Crippen molar-refractivity contribution < 1.29 is 38.7 Å². The summed E-state index contributed by atoms with van der Waals surface area (Å²) in [6.45, 7) is 2.46. The highest BCUT2D eigenvalue weighted by molar-refractivity contribution is 5.73. The molecule has 1 fully saturated rings. The molecule has 3 aromatic rings. The summed E-state index contributed by atoms with van der Waals surface area (Å²) in [5, 5.41) is 35.4. The third kappa shape index (κ3) is 9.74. The zero-order valence-corrected chi connectivity index (χ0v) is 25.0. The molecule has 1 aliphatic heterocycles. The Morgan fingerprint density at radius 3 is 2.59 bits per heavy atom. The monoisotopic (exact) mass is 611 g/mol. The number of nitrogens with zero attached hydrogens (tertiary/aromatic N) is 3. The molecule has 2 heterocycles. The minimum Gasteiger partial charge on any atom is -0.497 e. The van der Waals surface area contributed by atoms with E-state index in [4.69, 9.17) is 18.9 Å². The van der Waals surface area contributed by atoms with Gasteiger partial charge in [-0.25, -0.2) is 9.48 Å². The molecule has 5 atom stereocenters. The van der Waals surface area contributed by atoms with E-state index in [1.165, 1.54) is 11.6 Å². The summed E-state index contributed by atoms with van der Waals surface area (Å²) in [5.74, 6) is 0.303. The van der Waals surface area contributed by atoms with E-state index in [0.717, 1.165) is 30.4 Å². The molecular weight excluding hydrogens is 570 g/mol. The standard InChI is InChI=1S/C31H41N5O8/c1-21(37)33-27-29(39)28(38)26(19-36-18-25(34-35-36)23-13-10-14-24(17-23)41-2)44-30(27)42-16-9-4-3-8-15-32-31(40)43-20-22-11-6-5-7-12-22/h5-7,10-14,17-18,26-30,38-39H,3-4,8-9,15-16,19-20H2,1-2H3,(H,32,40)(H,33,37). The third-order valence-electron chi connectivity index (χ3n) is 7.18. The van der Waals surface area contributed by atoms with E-state index < -0.39 is 36.7 Å². The van der Waals surface area contributed by atoms with Gasteiger partial charge in [-0.05, 0) is 30.5 Å². The van der Waals surface area contributed by atoms with Gasteiger partial charge in [0, 0.05) is 25.6 Å². The number of methoxy groups -OCH3 is 1. The summed E-state index contributed by atoms with van der Waals surface area (Å²) in [7, 11) is 1.59. The van der Waals surface area contributed by atoms with Crippen molar-refractivity contribution in [1.82, 2.24) is 25.6 Å². The summed E-state index contributed by atoms with van der Waals surface area (Å²) in [6.07, 6.45) is -0.0530. The summed E-state index contributed by atoms with van der Waals surface area (Å²) >= 11 is 0. The lowest BCUT2D eigenvalue weighted by Gasteiger charge is -2.42. The van der Waals surface area contributed by atoms with Crippen LogP contribution in [0.25, 0.3) is 11.3 Å². The van der Waals surface area contributed by atoms with Crippen molar-refractivity contribution >= 4 is 12.0 Å². The van der Waals surface area contributed by atoms with Gasteiger partial charge in [-0.15, -0.1) is 5.10 Å². The fourth-order valence-electron chi connectivity index (χ4n) is 4.84. The van der Waals surface area contributed by atoms with E-state index in [1.807, 2.05) is 54.6 Å². The van der Waals surface area contributed by atoms with E-state index in [-0.39, 0.29) is 19.1 Å². The summed E-state index contributed by atoms with van der Waals surface area (Å²) in [5.41, 5.74) is 2.35. The number of amides is 2. The highest BCUT2D eigenvalue weighted by atomic mass is 16.7.